The molecule has 3 heterocycles. The molecule has 0 saturated heterocycles. The summed E-state index contributed by atoms with van der Waals surface area (Å²) in [6.45, 7) is 0. The fourth-order valence-corrected chi connectivity index (χ4v) is 5.36. The van der Waals surface area contributed by atoms with Crippen molar-refractivity contribution >= 4 is 49.2 Å². The highest BCUT2D eigenvalue weighted by Gasteiger charge is 2.18. The molecule has 174 valence electrons. The Bertz CT molecular complexity index is 1640. The number of pyridine rings is 3. The summed E-state index contributed by atoms with van der Waals surface area (Å²) >= 11 is 2.19. The van der Waals surface area contributed by atoms with Gasteiger partial charge in [0, 0.05) is 29.5 Å². The first-order valence-electron chi connectivity index (χ1n) is 10.6. The third kappa shape index (κ3) is 4.82. The van der Waals surface area contributed by atoms with Crippen LogP contribution in [0.5, 0.6) is 5.88 Å². The van der Waals surface area contributed by atoms with E-state index in [4.69, 9.17) is 4.74 Å². The number of aromatic nitrogens is 3. The lowest BCUT2D eigenvalue weighted by Gasteiger charge is -2.13. The molecule has 0 aliphatic heterocycles. The van der Waals surface area contributed by atoms with Crippen molar-refractivity contribution in [1.82, 2.24) is 15.0 Å². The average Bonchev–Trinajstić information content (AvgIpc) is 2.88. The summed E-state index contributed by atoms with van der Waals surface area (Å²) in [5, 5.41) is 0.967. The molecule has 9 heteroatoms. The van der Waals surface area contributed by atoms with Crippen molar-refractivity contribution in [2.75, 3.05) is 11.8 Å². The summed E-state index contributed by atoms with van der Waals surface area (Å²) in [6, 6.07) is 21.8. The molecule has 35 heavy (non-hydrogen) atoms. The van der Waals surface area contributed by atoms with Crippen LogP contribution in [0.25, 0.3) is 33.2 Å². The molecule has 0 amide bonds. The highest BCUT2D eigenvalue weighted by Crippen LogP contribution is 2.34. The van der Waals surface area contributed by atoms with Crippen LogP contribution in [0.1, 0.15) is 0 Å². The number of fused-ring (bicyclic) bond motifs is 1. The summed E-state index contributed by atoms with van der Waals surface area (Å²) < 4.78 is 34.7. The van der Waals surface area contributed by atoms with Crippen LogP contribution in [0.15, 0.2) is 96.3 Å². The van der Waals surface area contributed by atoms with E-state index in [2.05, 4.69) is 42.3 Å². The van der Waals surface area contributed by atoms with E-state index in [1.54, 1.807) is 42.9 Å². The fraction of sp³-hybridized carbons (Fsp3) is 0.0385. The molecule has 3 aromatic heterocycles. The Balaban J connectivity index is 1.59. The maximum atomic E-state index is 12.9. The molecule has 0 saturated carbocycles. The second-order valence-corrected chi connectivity index (χ2v) is 10.4. The Hall–Kier alpha value is -3.57. The number of ether oxygens (including phenoxy) is 1. The number of hydrogen-bond donors (Lipinski definition) is 1. The van der Waals surface area contributed by atoms with Gasteiger partial charge in [0.05, 0.1) is 17.5 Å². The SMILES string of the molecule is COc1ncc(-c2ccc3nccc(-c4ccnc(I)c4)c3c2)cc1NS(=O)(=O)c1ccccc1. The molecule has 1 N–H and O–H groups in total. The molecule has 0 aliphatic rings. The zero-order valence-corrected chi connectivity index (χ0v) is 21.5. The second kappa shape index (κ2) is 9.59. The van der Waals surface area contributed by atoms with Gasteiger partial charge in [-0.3, -0.25) is 14.7 Å². The number of anilines is 1. The van der Waals surface area contributed by atoms with Crippen molar-refractivity contribution in [2.45, 2.75) is 4.90 Å². The highest BCUT2D eigenvalue weighted by molar-refractivity contribution is 14.1. The monoisotopic (exact) mass is 594 g/mol. The molecule has 2 aromatic carbocycles. The molecule has 0 fully saturated rings. The first-order chi connectivity index (χ1) is 16.9. The molecule has 0 unspecified atom stereocenters. The summed E-state index contributed by atoms with van der Waals surface area (Å²) in [5.74, 6) is 0.183. The van der Waals surface area contributed by atoms with Gasteiger partial charge in [-0.05, 0) is 87.8 Å². The Morgan fingerprint density at radius 1 is 0.829 bits per heavy atom. The van der Waals surface area contributed by atoms with Crippen LogP contribution in [-0.4, -0.2) is 30.5 Å². The maximum absolute atomic E-state index is 12.9. The predicted octanol–water partition coefficient (Wildman–Crippen LogP) is 5.77. The molecular weight excluding hydrogens is 575 g/mol. The van der Waals surface area contributed by atoms with Gasteiger partial charge in [0.1, 0.15) is 9.39 Å². The second-order valence-electron chi connectivity index (χ2n) is 7.66. The zero-order valence-electron chi connectivity index (χ0n) is 18.5. The third-order valence-corrected chi connectivity index (χ3v) is 7.43. The van der Waals surface area contributed by atoms with E-state index in [-0.39, 0.29) is 16.5 Å². The number of benzene rings is 2. The van der Waals surface area contributed by atoms with Gasteiger partial charge in [-0.2, -0.15) is 0 Å². The lowest BCUT2D eigenvalue weighted by Crippen LogP contribution is -2.14. The molecule has 0 radical (unpaired) electrons. The van der Waals surface area contributed by atoms with Crippen LogP contribution in [0.3, 0.4) is 0 Å². The van der Waals surface area contributed by atoms with Crippen molar-refractivity contribution in [3.8, 4) is 28.1 Å². The standard InChI is InChI=1S/C26H19IN4O3S/c1-34-26-24(31-35(32,33)20-5-3-2-4-6-20)14-19(16-30-26)17-7-8-23-22(13-17)21(10-12-28-23)18-9-11-29-25(27)15-18/h2-16,31H,1H3. The topological polar surface area (TPSA) is 94.1 Å². The lowest BCUT2D eigenvalue weighted by atomic mass is 9.98. The molecule has 0 bridgehead atoms. The van der Waals surface area contributed by atoms with Crippen molar-refractivity contribution in [3.05, 3.63) is 95.1 Å². The predicted molar refractivity (Wildman–Crippen MR) is 145 cm³/mol. The molecule has 0 aliphatic carbocycles. The fourth-order valence-electron chi connectivity index (χ4n) is 3.80. The quantitative estimate of drug-likeness (QED) is 0.198. The third-order valence-electron chi connectivity index (χ3n) is 5.45. The number of hydrogen-bond acceptors (Lipinski definition) is 6. The smallest absolute Gasteiger partial charge is 0.262 e. The summed E-state index contributed by atoms with van der Waals surface area (Å²) in [5.41, 5.74) is 4.78. The van der Waals surface area contributed by atoms with Crippen LogP contribution in [0.2, 0.25) is 0 Å². The first-order valence-corrected chi connectivity index (χ1v) is 13.1. The van der Waals surface area contributed by atoms with E-state index >= 15 is 0 Å². The first kappa shape index (κ1) is 23.2. The summed E-state index contributed by atoms with van der Waals surface area (Å²) in [6.07, 6.45) is 5.23. The molecule has 5 rings (SSSR count). The van der Waals surface area contributed by atoms with Gasteiger partial charge < -0.3 is 4.74 Å². The van der Waals surface area contributed by atoms with Crippen molar-refractivity contribution in [3.63, 3.8) is 0 Å². The van der Waals surface area contributed by atoms with Crippen LogP contribution < -0.4 is 9.46 Å². The molecule has 5 aromatic rings. The minimum atomic E-state index is -3.81. The molecule has 0 atom stereocenters. The summed E-state index contributed by atoms with van der Waals surface area (Å²) in [7, 11) is -2.36. The number of sulfonamides is 1. The van der Waals surface area contributed by atoms with Crippen LogP contribution >= 0.6 is 22.6 Å². The highest BCUT2D eigenvalue weighted by atomic mass is 127. The van der Waals surface area contributed by atoms with Gasteiger partial charge in [-0.15, -0.1) is 0 Å². The van der Waals surface area contributed by atoms with E-state index in [9.17, 15) is 8.42 Å². The van der Waals surface area contributed by atoms with Gasteiger partial charge in [-0.25, -0.2) is 13.4 Å². The van der Waals surface area contributed by atoms with E-state index in [0.29, 0.717) is 0 Å². The number of rotatable bonds is 6. The van der Waals surface area contributed by atoms with Gasteiger partial charge in [0.15, 0.2) is 0 Å². The van der Waals surface area contributed by atoms with E-state index in [1.807, 2.05) is 36.4 Å². The normalized spacial score (nSPS) is 11.4. The lowest BCUT2D eigenvalue weighted by molar-refractivity contribution is 0.400. The Labute approximate surface area is 216 Å². The van der Waals surface area contributed by atoms with E-state index in [1.165, 1.54) is 19.2 Å². The molecule has 0 spiro atoms. The van der Waals surface area contributed by atoms with Crippen molar-refractivity contribution in [1.29, 1.82) is 0 Å². The molecular formula is C26H19IN4O3S. The number of nitrogens with zero attached hydrogens (tertiary/aromatic N) is 3. The number of methoxy groups -OCH3 is 1. The minimum Gasteiger partial charge on any atom is -0.480 e. The van der Waals surface area contributed by atoms with Gasteiger partial charge in [0.25, 0.3) is 10.0 Å². The number of halogens is 1. The van der Waals surface area contributed by atoms with Crippen LogP contribution in [-0.2, 0) is 10.0 Å². The average molecular weight is 594 g/mol. The zero-order chi connectivity index (χ0) is 24.4. The van der Waals surface area contributed by atoms with Crippen LogP contribution in [0.4, 0.5) is 5.69 Å². The Kier molecular flexibility index (Phi) is 6.35. The van der Waals surface area contributed by atoms with Crippen LogP contribution in [0, 0.1) is 3.70 Å². The minimum absolute atomic E-state index is 0.154. The largest absolute Gasteiger partial charge is 0.480 e. The van der Waals surface area contributed by atoms with Gasteiger partial charge >= 0.3 is 0 Å². The Morgan fingerprint density at radius 3 is 2.40 bits per heavy atom. The number of nitrogens with one attached hydrogen (secondary N) is 1. The van der Waals surface area contributed by atoms with Crippen molar-refractivity contribution in [2.24, 2.45) is 0 Å². The van der Waals surface area contributed by atoms with Gasteiger partial charge in [-0.1, -0.05) is 24.3 Å². The van der Waals surface area contributed by atoms with E-state index < -0.39 is 10.0 Å². The molecule has 7 nitrogen and oxygen atoms in total. The Morgan fingerprint density at radius 2 is 1.63 bits per heavy atom. The maximum Gasteiger partial charge on any atom is 0.262 e. The van der Waals surface area contributed by atoms with Gasteiger partial charge in [0.2, 0.25) is 5.88 Å². The summed E-state index contributed by atoms with van der Waals surface area (Å²) in [4.78, 5) is 13.3. The van der Waals surface area contributed by atoms with E-state index in [0.717, 1.165) is 36.9 Å². The van der Waals surface area contributed by atoms with Crippen molar-refractivity contribution < 1.29 is 13.2 Å².